The summed E-state index contributed by atoms with van der Waals surface area (Å²) in [6, 6.07) is 1.85. The normalized spacial score (nSPS) is 19.2. The molecule has 1 saturated heterocycles. The van der Waals surface area contributed by atoms with Crippen LogP contribution in [0.15, 0.2) is 11.2 Å². The summed E-state index contributed by atoms with van der Waals surface area (Å²) < 4.78 is 0. The Hall–Kier alpha value is -1.01. The standard InChI is InChI=1S/C10H13ClN4OS/c1-17-10-14-7(11)4-8(15-10)12-5-6-2-3-9(16)13-6/h4,6H,2-3,5H2,1H3,(H,13,16)(H,12,14,15). The molecule has 92 valence electrons. The molecule has 0 bridgehead atoms. The largest absolute Gasteiger partial charge is 0.368 e. The molecule has 0 saturated carbocycles. The Bertz CT molecular complexity index is 429. The molecule has 1 unspecified atom stereocenters. The minimum Gasteiger partial charge on any atom is -0.368 e. The monoisotopic (exact) mass is 272 g/mol. The Labute approximate surface area is 109 Å². The molecule has 1 aromatic heterocycles. The van der Waals surface area contributed by atoms with Crippen molar-refractivity contribution in [1.29, 1.82) is 0 Å². The lowest BCUT2D eigenvalue weighted by atomic mass is 10.2. The van der Waals surface area contributed by atoms with E-state index in [9.17, 15) is 4.79 Å². The third-order valence-corrected chi connectivity index (χ3v) is 3.21. The zero-order valence-corrected chi connectivity index (χ0v) is 10.9. The number of halogens is 1. The van der Waals surface area contributed by atoms with Crippen molar-refractivity contribution in [1.82, 2.24) is 15.3 Å². The smallest absolute Gasteiger partial charge is 0.220 e. The molecule has 1 aliphatic heterocycles. The number of rotatable bonds is 4. The number of thioether (sulfide) groups is 1. The van der Waals surface area contributed by atoms with Crippen molar-refractivity contribution in [2.45, 2.75) is 24.0 Å². The molecule has 1 aromatic rings. The van der Waals surface area contributed by atoms with Crippen LogP contribution in [0.25, 0.3) is 0 Å². The van der Waals surface area contributed by atoms with Gasteiger partial charge in [-0.25, -0.2) is 9.97 Å². The van der Waals surface area contributed by atoms with Crippen molar-refractivity contribution >= 4 is 35.1 Å². The summed E-state index contributed by atoms with van der Waals surface area (Å²) in [6.07, 6.45) is 3.36. The Balaban J connectivity index is 1.94. The molecule has 0 aromatic carbocycles. The van der Waals surface area contributed by atoms with Gasteiger partial charge in [0.1, 0.15) is 11.0 Å². The maximum absolute atomic E-state index is 11.0. The van der Waals surface area contributed by atoms with Gasteiger partial charge < -0.3 is 10.6 Å². The van der Waals surface area contributed by atoms with Crippen molar-refractivity contribution in [2.24, 2.45) is 0 Å². The Morgan fingerprint density at radius 1 is 1.65 bits per heavy atom. The summed E-state index contributed by atoms with van der Waals surface area (Å²) in [5, 5.41) is 7.10. The number of nitrogens with one attached hydrogen (secondary N) is 2. The van der Waals surface area contributed by atoms with Gasteiger partial charge in [-0.15, -0.1) is 0 Å². The fourth-order valence-corrected chi connectivity index (χ4v) is 2.25. The van der Waals surface area contributed by atoms with Crippen LogP contribution in [0.3, 0.4) is 0 Å². The molecule has 1 amide bonds. The number of aromatic nitrogens is 2. The van der Waals surface area contributed by atoms with E-state index in [-0.39, 0.29) is 11.9 Å². The summed E-state index contributed by atoms with van der Waals surface area (Å²) in [4.78, 5) is 19.4. The molecule has 1 fully saturated rings. The van der Waals surface area contributed by atoms with Gasteiger partial charge >= 0.3 is 0 Å². The van der Waals surface area contributed by atoms with Gasteiger partial charge in [0.2, 0.25) is 5.91 Å². The van der Waals surface area contributed by atoms with Crippen LogP contribution in [-0.4, -0.2) is 34.7 Å². The van der Waals surface area contributed by atoms with Crippen LogP contribution >= 0.6 is 23.4 Å². The third kappa shape index (κ3) is 3.47. The lowest BCUT2D eigenvalue weighted by Gasteiger charge is -2.12. The quantitative estimate of drug-likeness (QED) is 0.494. The van der Waals surface area contributed by atoms with Gasteiger partial charge in [0.05, 0.1) is 0 Å². The van der Waals surface area contributed by atoms with Crippen molar-refractivity contribution in [3.8, 4) is 0 Å². The number of amides is 1. The Kier molecular flexibility index (Phi) is 4.06. The molecule has 7 heteroatoms. The highest BCUT2D eigenvalue weighted by Gasteiger charge is 2.20. The molecular weight excluding hydrogens is 260 g/mol. The lowest BCUT2D eigenvalue weighted by Crippen LogP contribution is -2.32. The van der Waals surface area contributed by atoms with E-state index < -0.39 is 0 Å². The maximum Gasteiger partial charge on any atom is 0.220 e. The number of carbonyl (C=O) groups excluding carboxylic acids is 1. The van der Waals surface area contributed by atoms with E-state index in [0.717, 1.165) is 6.42 Å². The summed E-state index contributed by atoms with van der Waals surface area (Å²) in [5.74, 6) is 0.804. The fourth-order valence-electron chi connectivity index (χ4n) is 1.64. The number of nitrogens with zero attached hydrogens (tertiary/aromatic N) is 2. The molecule has 5 nitrogen and oxygen atoms in total. The first-order valence-electron chi connectivity index (χ1n) is 5.29. The van der Waals surface area contributed by atoms with E-state index in [1.54, 1.807) is 6.07 Å². The topological polar surface area (TPSA) is 66.9 Å². The summed E-state index contributed by atoms with van der Waals surface area (Å²) in [6.45, 7) is 0.660. The Morgan fingerprint density at radius 3 is 3.12 bits per heavy atom. The van der Waals surface area contributed by atoms with E-state index in [4.69, 9.17) is 11.6 Å². The van der Waals surface area contributed by atoms with Gasteiger partial charge in [-0.3, -0.25) is 4.79 Å². The highest BCUT2D eigenvalue weighted by molar-refractivity contribution is 7.98. The van der Waals surface area contributed by atoms with Crippen molar-refractivity contribution in [2.75, 3.05) is 18.1 Å². The summed E-state index contributed by atoms with van der Waals surface area (Å²) in [5.41, 5.74) is 0. The SMILES string of the molecule is CSc1nc(Cl)cc(NCC2CCC(=O)N2)n1. The van der Waals surface area contributed by atoms with Crippen LogP contribution in [0.1, 0.15) is 12.8 Å². The summed E-state index contributed by atoms with van der Waals surface area (Å²) in [7, 11) is 0. The first-order valence-corrected chi connectivity index (χ1v) is 6.89. The van der Waals surface area contributed by atoms with Gasteiger partial charge in [0.25, 0.3) is 0 Å². The molecule has 2 N–H and O–H groups in total. The first kappa shape index (κ1) is 12.4. The van der Waals surface area contributed by atoms with Gasteiger partial charge in [-0.2, -0.15) is 0 Å². The van der Waals surface area contributed by atoms with E-state index in [1.165, 1.54) is 11.8 Å². The fraction of sp³-hybridized carbons (Fsp3) is 0.500. The Morgan fingerprint density at radius 2 is 2.47 bits per heavy atom. The zero-order valence-electron chi connectivity index (χ0n) is 9.36. The second kappa shape index (κ2) is 5.55. The minimum absolute atomic E-state index is 0.113. The van der Waals surface area contributed by atoms with E-state index in [0.29, 0.717) is 29.1 Å². The molecule has 0 aliphatic carbocycles. The average Bonchev–Trinajstić information content (AvgIpc) is 2.72. The predicted octanol–water partition coefficient (Wildman–Crippen LogP) is 1.54. The van der Waals surface area contributed by atoms with Crippen LogP contribution in [0.5, 0.6) is 0 Å². The number of hydrogen-bond acceptors (Lipinski definition) is 5. The molecule has 0 radical (unpaired) electrons. The van der Waals surface area contributed by atoms with Crippen molar-refractivity contribution in [3.05, 3.63) is 11.2 Å². The second-order valence-electron chi connectivity index (χ2n) is 3.75. The van der Waals surface area contributed by atoms with Gasteiger partial charge in [-0.1, -0.05) is 23.4 Å². The predicted molar refractivity (Wildman–Crippen MR) is 68.5 cm³/mol. The number of anilines is 1. The molecule has 17 heavy (non-hydrogen) atoms. The molecular formula is C10H13ClN4OS. The van der Waals surface area contributed by atoms with E-state index in [2.05, 4.69) is 20.6 Å². The van der Waals surface area contributed by atoms with E-state index in [1.807, 2.05) is 6.26 Å². The molecule has 2 heterocycles. The maximum atomic E-state index is 11.0. The molecule has 2 rings (SSSR count). The minimum atomic E-state index is 0.113. The highest BCUT2D eigenvalue weighted by Crippen LogP contribution is 2.17. The zero-order chi connectivity index (χ0) is 12.3. The van der Waals surface area contributed by atoms with Gasteiger partial charge in [0.15, 0.2) is 5.16 Å². The molecule has 0 spiro atoms. The highest BCUT2D eigenvalue weighted by atomic mass is 35.5. The van der Waals surface area contributed by atoms with Crippen LogP contribution < -0.4 is 10.6 Å². The van der Waals surface area contributed by atoms with Gasteiger partial charge in [-0.05, 0) is 12.7 Å². The molecule has 1 aliphatic rings. The van der Waals surface area contributed by atoms with Crippen molar-refractivity contribution < 1.29 is 4.79 Å². The molecule has 1 atom stereocenters. The second-order valence-corrected chi connectivity index (χ2v) is 4.91. The third-order valence-electron chi connectivity index (χ3n) is 2.47. The van der Waals surface area contributed by atoms with E-state index >= 15 is 0 Å². The number of hydrogen-bond donors (Lipinski definition) is 2. The van der Waals surface area contributed by atoms with Crippen molar-refractivity contribution in [3.63, 3.8) is 0 Å². The van der Waals surface area contributed by atoms with Crippen LogP contribution in [0.4, 0.5) is 5.82 Å². The number of carbonyl (C=O) groups is 1. The van der Waals surface area contributed by atoms with Crippen LogP contribution in [0.2, 0.25) is 5.15 Å². The van der Waals surface area contributed by atoms with Gasteiger partial charge in [0, 0.05) is 25.1 Å². The average molecular weight is 273 g/mol. The van der Waals surface area contributed by atoms with Crippen LogP contribution in [-0.2, 0) is 4.79 Å². The summed E-state index contributed by atoms with van der Waals surface area (Å²) >= 11 is 7.31. The van der Waals surface area contributed by atoms with Crippen LogP contribution in [0, 0.1) is 0 Å². The lowest BCUT2D eigenvalue weighted by molar-refractivity contribution is -0.119. The first-order chi connectivity index (χ1) is 8.17.